The molecule has 0 aromatic rings. The van der Waals surface area contributed by atoms with Crippen molar-refractivity contribution in [1.82, 2.24) is 9.80 Å². The number of nitrogens with zero attached hydrogens (tertiary/aromatic N) is 2. The van der Waals surface area contributed by atoms with Gasteiger partial charge < -0.3 is 4.79 Å². The van der Waals surface area contributed by atoms with Gasteiger partial charge in [-0.15, -0.1) is 0 Å². The molecule has 1 aliphatic heterocycles. The zero-order valence-electron chi connectivity index (χ0n) is 13.1. The van der Waals surface area contributed by atoms with Crippen molar-refractivity contribution >= 4 is 12.2 Å². The van der Waals surface area contributed by atoms with Crippen molar-refractivity contribution in [3.63, 3.8) is 0 Å². The van der Waals surface area contributed by atoms with Gasteiger partial charge in [0, 0.05) is 25.0 Å². The second-order valence-corrected chi connectivity index (χ2v) is 6.51. The summed E-state index contributed by atoms with van der Waals surface area (Å²) in [6.45, 7) is 2.45. The van der Waals surface area contributed by atoms with Crippen LogP contribution < -0.4 is 0 Å². The SMILES string of the molecule is C[C@H]1C[C@@H](N(C(=O)C(F)(F)F)C(F)N2CCCC2)CC[C@H]1C=O. The summed E-state index contributed by atoms with van der Waals surface area (Å²) in [4.78, 5) is 24.4. The minimum absolute atomic E-state index is 0.166. The Bertz CT molecular complexity index is 438. The first-order chi connectivity index (χ1) is 10.8. The molecular formula is C15H22F4N2O2. The molecule has 0 aromatic carbocycles. The number of rotatable bonds is 4. The van der Waals surface area contributed by atoms with Gasteiger partial charge in [0.25, 0.3) is 0 Å². The van der Waals surface area contributed by atoms with Crippen LogP contribution in [0, 0.1) is 11.8 Å². The number of aldehydes is 1. The van der Waals surface area contributed by atoms with Crippen LogP contribution in [0.3, 0.4) is 0 Å². The molecular weight excluding hydrogens is 316 g/mol. The quantitative estimate of drug-likeness (QED) is 0.450. The van der Waals surface area contributed by atoms with E-state index in [0.29, 0.717) is 37.3 Å². The summed E-state index contributed by atoms with van der Waals surface area (Å²) in [5.74, 6) is -2.53. The molecule has 0 radical (unpaired) electrons. The van der Waals surface area contributed by atoms with Crippen LogP contribution in [0.5, 0.6) is 0 Å². The standard InChI is InChI=1S/C15H22F4N2O2/c1-10-8-12(5-4-11(10)9-22)21(13(23)15(17,18)19)14(16)20-6-2-3-7-20/h9-12,14H,2-8H2,1H3/t10-,11-,12-,14?/m0/s1. The molecule has 23 heavy (non-hydrogen) atoms. The zero-order chi connectivity index (χ0) is 17.2. The van der Waals surface area contributed by atoms with Crippen LogP contribution in [0.15, 0.2) is 0 Å². The van der Waals surface area contributed by atoms with E-state index in [1.165, 1.54) is 4.90 Å². The molecule has 1 heterocycles. The second-order valence-electron chi connectivity index (χ2n) is 6.51. The van der Waals surface area contributed by atoms with Crippen molar-refractivity contribution < 1.29 is 27.2 Å². The summed E-state index contributed by atoms with van der Waals surface area (Å²) in [5, 5.41) is 0. The summed E-state index contributed by atoms with van der Waals surface area (Å²) in [6, 6.07) is -0.828. The predicted octanol–water partition coefficient (Wildman–Crippen LogP) is 2.73. The number of hydrogen-bond acceptors (Lipinski definition) is 3. The first kappa shape index (κ1) is 18.2. The third kappa shape index (κ3) is 4.02. The maximum absolute atomic E-state index is 14.7. The number of alkyl halides is 4. The molecule has 1 aliphatic carbocycles. The molecule has 4 atom stereocenters. The van der Waals surface area contributed by atoms with Crippen LogP contribution in [-0.4, -0.2) is 53.7 Å². The average molecular weight is 338 g/mol. The molecule has 0 aromatic heterocycles. The van der Waals surface area contributed by atoms with E-state index in [9.17, 15) is 27.2 Å². The van der Waals surface area contributed by atoms with Crippen molar-refractivity contribution in [2.24, 2.45) is 11.8 Å². The van der Waals surface area contributed by atoms with E-state index in [0.717, 1.165) is 6.29 Å². The highest BCUT2D eigenvalue weighted by atomic mass is 19.4. The number of carbonyl (C=O) groups is 2. The average Bonchev–Trinajstić information content (AvgIpc) is 3.00. The van der Waals surface area contributed by atoms with Gasteiger partial charge in [-0.2, -0.15) is 13.2 Å². The van der Waals surface area contributed by atoms with Gasteiger partial charge in [-0.25, -0.2) is 4.39 Å². The first-order valence-electron chi connectivity index (χ1n) is 7.98. The zero-order valence-corrected chi connectivity index (χ0v) is 13.1. The Balaban J connectivity index is 2.19. The fourth-order valence-electron chi connectivity index (χ4n) is 3.56. The molecule has 1 saturated carbocycles. The van der Waals surface area contributed by atoms with Gasteiger partial charge in [0.1, 0.15) is 6.29 Å². The summed E-state index contributed by atoms with van der Waals surface area (Å²) in [5.41, 5.74) is 0. The molecule has 1 saturated heterocycles. The van der Waals surface area contributed by atoms with Gasteiger partial charge in [0.05, 0.1) is 0 Å². The molecule has 0 N–H and O–H groups in total. The number of hydrogen-bond donors (Lipinski definition) is 0. The van der Waals surface area contributed by atoms with Crippen LogP contribution in [0.4, 0.5) is 17.6 Å². The van der Waals surface area contributed by atoms with Crippen LogP contribution >= 0.6 is 0 Å². The van der Waals surface area contributed by atoms with Crippen molar-refractivity contribution in [2.75, 3.05) is 13.1 Å². The summed E-state index contributed by atoms with van der Waals surface area (Å²) >= 11 is 0. The highest BCUT2D eigenvalue weighted by Gasteiger charge is 2.49. The summed E-state index contributed by atoms with van der Waals surface area (Å²) < 4.78 is 53.4. The van der Waals surface area contributed by atoms with Crippen molar-refractivity contribution in [2.45, 2.75) is 57.7 Å². The molecule has 4 nitrogen and oxygen atoms in total. The third-order valence-electron chi connectivity index (χ3n) is 4.92. The van der Waals surface area contributed by atoms with E-state index in [4.69, 9.17) is 0 Å². The molecule has 132 valence electrons. The maximum atomic E-state index is 14.7. The first-order valence-corrected chi connectivity index (χ1v) is 7.98. The molecule has 0 bridgehead atoms. The van der Waals surface area contributed by atoms with Crippen LogP contribution in [-0.2, 0) is 9.59 Å². The highest BCUT2D eigenvalue weighted by molar-refractivity contribution is 5.82. The van der Waals surface area contributed by atoms with Crippen LogP contribution in [0.2, 0.25) is 0 Å². The fraction of sp³-hybridized carbons (Fsp3) is 0.867. The van der Waals surface area contributed by atoms with Gasteiger partial charge >= 0.3 is 12.1 Å². The third-order valence-corrected chi connectivity index (χ3v) is 4.92. The highest BCUT2D eigenvalue weighted by Crippen LogP contribution is 2.35. The Hall–Kier alpha value is -1.18. The summed E-state index contributed by atoms with van der Waals surface area (Å²) in [7, 11) is 0. The van der Waals surface area contributed by atoms with Gasteiger partial charge in [-0.05, 0) is 38.0 Å². The molecule has 2 rings (SSSR count). The Morgan fingerprint density at radius 1 is 1.26 bits per heavy atom. The monoisotopic (exact) mass is 338 g/mol. The van der Waals surface area contributed by atoms with Gasteiger partial charge in [0.2, 0.25) is 6.42 Å². The number of likely N-dealkylation sites (tertiary alicyclic amines) is 1. The van der Waals surface area contributed by atoms with E-state index >= 15 is 0 Å². The van der Waals surface area contributed by atoms with E-state index < -0.39 is 24.5 Å². The molecule has 1 amide bonds. The van der Waals surface area contributed by atoms with Crippen molar-refractivity contribution in [3.05, 3.63) is 0 Å². The van der Waals surface area contributed by atoms with E-state index in [-0.39, 0.29) is 24.7 Å². The predicted molar refractivity (Wildman–Crippen MR) is 75.0 cm³/mol. The van der Waals surface area contributed by atoms with E-state index in [1.807, 2.05) is 0 Å². The number of carbonyl (C=O) groups excluding carboxylic acids is 2. The van der Waals surface area contributed by atoms with Crippen molar-refractivity contribution in [3.8, 4) is 0 Å². The largest absolute Gasteiger partial charge is 0.471 e. The number of halogens is 4. The topological polar surface area (TPSA) is 40.6 Å². The minimum atomic E-state index is -5.10. The second kappa shape index (κ2) is 7.15. The Morgan fingerprint density at radius 3 is 2.35 bits per heavy atom. The Morgan fingerprint density at radius 2 is 1.87 bits per heavy atom. The Kier molecular flexibility index (Phi) is 5.65. The molecule has 0 spiro atoms. The molecule has 8 heteroatoms. The minimum Gasteiger partial charge on any atom is -0.303 e. The molecule has 2 fully saturated rings. The lowest BCUT2D eigenvalue weighted by atomic mass is 9.78. The lowest BCUT2D eigenvalue weighted by Crippen LogP contribution is -2.57. The van der Waals surface area contributed by atoms with Gasteiger partial charge in [0.15, 0.2) is 0 Å². The maximum Gasteiger partial charge on any atom is 0.471 e. The lowest BCUT2D eigenvalue weighted by molar-refractivity contribution is -0.203. The normalized spacial score (nSPS) is 30.9. The number of amides is 1. The summed E-state index contributed by atoms with van der Waals surface area (Å²) in [6.07, 6.45) is -4.14. The van der Waals surface area contributed by atoms with Gasteiger partial charge in [-0.3, -0.25) is 14.6 Å². The molecule has 2 aliphatic rings. The fourth-order valence-corrected chi connectivity index (χ4v) is 3.56. The smallest absolute Gasteiger partial charge is 0.303 e. The lowest BCUT2D eigenvalue weighted by Gasteiger charge is -2.42. The Labute approximate surface area is 132 Å². The van der Waals surface area contributed by atoms with Crippen LogP contribution in [0.25, 0.3) is 0 Å². The van der Waals surface area contributed by atoms with Crippen molar-refractivity contribution in [1.29, 1.82) is 0 Å². The van der Waals surface area contributed by atoms with E-state index in [1.54, 1.807) is 6.92 Å². The molecule has 1 unspecified atom stereocenters. The van der Waals surface area contributed by atoms with Crippen LogP contribution in [0.1, 0.15) is 39.0 Å². The van der Waals surface area contributed by atoms with E-state index in [2.05, 4.69) is 0 Å². The van der Waals surface area contributed by atoms with Gasteiger partial charge in [-0.1, -0.05) is 6.92 Å².